The van der Waals surface area contributed by atoms with Gasteiger partial charge >= 0.3 is 0 Å². The summed E-state index contributed by atoms with van der Waals surface area (Å²) < 4.78 is 1.70. The number of rotatable bonds is 4. The molecule has 0 spiro atoms. The van der Waals surface area contributed by atoms with Crippen molar-refractivity contribution in [3.63, 3.8) is 0 Å². The average Bonchev–Trinajstić information content (AvgIpc) is 2.79. The highest BCUT2D eigenvalue weighted by atomic mass is 16.2. The van der Waals surface area contributed by atoms with Gasteiger partial charge in [-0.25, -0.2) is 0 Å². The molecule has 18 heavy (non-hydrogen) atoms. The minimum Gasteiger partial charge on any atom is -0.341 e. The number of nitrogens with zero attached hydrogens (tertiary/aromatic N) is 2. The van der Waals surface area contributed by atoms with Gasteiger partial charge in [0, 0.05) is 17.1 Å². The Labute approximate surface area is 104 Å². The van der Waals surface area contributed by atoms with Crippen molar-refractivity contribution < 1.29 is 9.59 Å². The van der Waals surface area contributed by atoms with Crippen LogP contribution in [0.25, 0.3) is 10.9 Å². The van der Waals surface area contributed by atoms with Gasteiger partial charge in [-0.15, -0.1) is 0 Å². The minimum atomic E-state index is -0.255. The number of carbonyl (C=O) groups is 2. The van der Waals surface area contributed by atoms with Crippen LogP contribution >= 0.6 is 0 Å². The third-order valence-electron chi connectivity index (χ3n) is 2.63. The summed E-state index contributed by atoms with van der Waals surface area (Å²) in [6, 6.07) is 9.07. The first-order chi connectivity index (χ1) is 8.76. The smallest absolute Gasteiger partial charge is 0.240 e. The number of amides is 1. The molecule has 2 aromatic rings. The van der Waals surface area contributed by atoms with Crippen LogP contribution in [0.1, 0.15) is 10.4 Å². The fraction of sp³-hybridized carbons (Fsp3) is 0.154. The second-order valence-electron chi connectivity index (χ2n) is 3.78. The number of aldehydes is 1. The molecule has 0 aliphatic rings. The van der Waals surface area contributed by atoms with Crippen LogP contribution in [-0.4, -0.2) is 23.3 Å². The van der Waals surface area contributed by atoms with Crippen molar-refractivity contribution in [1.82, 2.24) is 9.88 Å². The molecule has 2 rings (SSSR count). The summed E-state index contributed by atoms with van der Waals surface area (Å²) in [4.78, 5) is 22.5. The summed E-state index contributed by atoms with van der Waals surface area (Å²) in [5.74, 6) is -0.255. The molecule has 0 aliphatic carbocycles. The van der Waals surface area contributed by atoms with E-state index in [4.69, 9.17) is 5.26 Å². The summed E-state index contributed by atoms with van der Waals surface area (Å²) in [7, 11) is 0. The maximum Gasteiger partial charge on any atom is 0.240 e. The minimum absolute atomic E-state index is 0.0153. The summed E-state index contributed by atoms with van der Waals surface area (Å²) in [6.45, 7) is 0.0780. The zero-order valence-electron chi connectivity index (χ0n) is 9.59. The van der Waals surface area contributed by atoms with Gasteiger partial charge in [-0.1, -0.05) is 12.1 Å². The maximum absolute atomic E-state index is 11.5. The number of fused-ring (bicyclic) bond motifs is 1. The molecule has 0 radical (unpaired) electrons. The average molecular weight is 241 g/mol. The van der Waals surface area contributed by atoms with E-state index in [9.17, 15) is 9.59 Å². The van der Waals surface area contributed by atoms with Crippen molar-refractivity contribution in [1.29, 1.82) is 5.26 Å². The lowest BCUT2D eigenvalue weighted by Gasteiger charge is -2.06. The van der Waals surface area contributed by atoms with Gasteiger partial charge in [0.2, 0.25) is 5.91 Å². The Morgan fingerprint density at radius 2 is 2.28 bits per heavy atom. The lowest BCUT2D eigenvalue weighted by molar-refractivity contribution is -0.121. The van der Waals surface area contributed by atoms with E-state index in [-0.39, 0.29) is 19.0 Å². The second kappa shape index (κ2) is 5.15. The lowest BCUT2D eigenvalue weighted by atomic mass is 10.1. The van der Waals surface area contributed by atoms with E-state index in [2.05, 4.69) is 5.32 Å². The Morgan fingerprint density at radius 3 is 3.00 bits per heavy atom. The number of benzene rings is 1. The van der Waals surface area contributed by atoms with E-state index in [0.717, 1.165) is 17.2 Å². The number of nitrogens with one attached hydrogen (secondary N) is 1. The molecule has 0 unspecified atom stereocenters. The Balaban J connectivity index is 2.32. The molecule has 0 atom stereocenters. The summed E-state index contributed by atoms with van der Waals surface area (Å²) >= 11 is 0. The molecule has 0 aliphatic heterocycles. The number of carbonyl (C=O) groups excluding carboxylic acids is 2. The number of hydrogen-bond acceptors (Lipinski definition) is 3. The van der Waals surface area contributed by atoms with Crippen molar-refractivity contribution in [3.8, 4) is 6.07 Å². The Kier molecular flexibility index (Phi) is 3.39. The second-order valence-corrected chi connectivity index (χ2v) is 3.78. The molecule has 1 aromatic heterocycles. The van der Waals surface area contributed by atoms with E-state index in [1.807, 2.05) is 18.2 Å². The van der Waals surface area contributed by atoms with Gasteiger partial charge in [-0.05, 0) is 12.1 Å². The monoisotopic (exact) mass is 241 g/mol. The zero-order valence-corrected chi connectivity index (χ0v) is 9.59. The lowest BCUT2D eigenvalue weighted by Crippen LogP contribution is -2.27. The van der Waals surface area contributed by atoms with Gasteiger partial charge in [0.05, 0.1) is 11.6 Å². The molecule has 1 N–H and O–H groups in total. The van der Waals surface area contributed by atoms with Crippen molar-refractivity contribution in [2.24, 2.45) is 0 Å². The quantitative estimate of drug-likeness (QED) is 0.643. The Hall–Kier alpha value is -2.61. The van der Waals surface area contributed by atoms with Crippen LogP contribution in [0, 0.1) is 11.3 Å². The van der Waals surface area contributed by atoms with Gasteiger partial charge in [-0.2, -0.15) is 5.26 Å². The van der Waals surface area contributed by atoms with Crippen molar-refractivity contribution in [3.05, 3.63) is 36.0 Å². The molecule has 0 saturated heterocycles. The van der Waals surface area contributed by atoms with E-state index in [1.54, 1.807) is 22.9 Å². The SMILES string of the molecule is N#CCNC(=O)Cn1ccc2cccc(C=O)c21. The van der Waals surface area contributed by atoms with E-state index >= 15 is 0 Å². The summed E-state index contributed by atoms with van der Waals surface area (Å²) in [6.07, 6.45) is 2.52. The van der Waals surface area contributed by atoms with Crippen molar-refractivity contribution >= 4 is 23.1 Å². The highest BCUT2D eigenvalue weighted by molar-refractivity contribution is 5.97. The maximum atomic E-state index is 11.5. The van der Waals surface area contributed by atoms with E-state index < -0.39 is 0 Å². The van der Waals surface area contributed by atoms with E-state index in [1.165, 1.54) is 0 Å². The number of para-hydroxylation sites is 1. The Bertz CT molecular complexity index is 637. The normalized spacial score (nSPS) is 9.94. The van der Waals surface area contributed by atoms with Gasteiger partial charge in [0.15, 0.2) is 6.29 Å². The standard InChI is InChI=1S/C13H11N3O2/c14-5-6-15-12(18)8-16-7-4-10-2-1-3-11(9-17)13(10)16/h1-4,7,9H,6,8H2,(H,15,18). The van der Waals surface area contributed by atoms with Gasteiger partial charge in [0.1, 0.15) is 13.1 Å². The third-order valence-corrected chi connectivity index (χ3v) is 2.63. The highest BCUT2D eigenvalue weighted by Crippen LogP contribution is 2.18. The molecule has 5 heteroatoms. The molecule has 0 fully saturated rings. The molecule has 1 heterocycles. The number of hydrogen-bond donors (Lipinski definition) is 1. The number of aromatic nitrogens is 1. The van der Waals surface area contributed by atoms with Gasteiger partial charge < -0.3 is 9.88 Å². The largest absolute Gasteiger partial charge is 0.341 e. The summed E-state index contributed by atoms with van der Waals surface area (Å²) in [5, 5.41) is 11.8. The predicted molar refractivity (Wildman–Crippen MR) is 65.9 cm³/mol. The topological polar surface area (TPSA) is 74.9 Å². The third kappa shape index (κ3) is 2.23. The van der Waals surface area contributed by atoms with Crippen LogP contribution in [0.4, 0.5) is 0 Å². The van der Waals surface area contributed by atoms with Crippen molar-refractivity contribution in [2.75, 3.05) is 6.54 Å². The van der Waals surface area contributed by atoms with Crippen LogP contribution in [0.15, 0.2) is 30.5 Å². The molecule has 0 bridgehead atoms. The van der Waals surface area contributed by atoms with Crippen LogP contribution < -0.4 is 5.32 Å². The predicted octanol–water partition coefficient (Wildman–Crippen LogP) is 1.09. The van der Waals surface area contributed by atoms with Gasteiger partial charge in [-0.3, -0.25) is 9.59 Å². The fourth-order valence-corrected chi connectivity index (χ4v) is 1.87. The van der Waals surface area contributed by atoms with Crippen LogP contribution in [0.2, 0.25) is 0 Å². The first-order valence-corrected chi connectivity index (χ1v) is 5.43. The molecular weight excluding hydrogens is 230 g/mol. The summed E-state index contributed by atoms with van der Waals surface area (Å²) in [5.41, 5.74) is 1.28. The Morgan fingerprint density at radius 1 is 1.44 bits per heavy atom. The van der Waals surface area contributed by atoms with Crippen LogP contribution in [0.5, 0.6) is 0 Å². The van der Waals surface area contributed by atoms with Gasteiger partial charge in [0.25, 0.3) is 0 Å². The number of nitriles is 1. The fourth-order valence-electron chi connectivity index (χ4n) is 1.87. The first-order valence-electron chi connectivity index (χ1n) is 5.43. The zero-order chi connectivity index (χ0) is 13.0. The van der Waals surface area contributed by atoms with Crippen LogP contribution in [-0.2, 0) is 11.3 Å². The molecule has 1 amide bonds. The van der Waals surface area contributed by atoms with E-state index in [0.29, 0.717) is 5.56 Å². The van der Waals surface area contributed by atoms with Crippen molar-refractivity contribution in [2.45, 2.75) is 6.54 Å². The highest BCUT2D eigenvalue weighted by Gasteiger charge is 2.08. The molecular formula is C13H11N3O2. The molecule has 1 aromatic carbocycles. The molecule has 0 saturated carbocycles. The first kappa shape index (κ1) is 11.9. The van der Waals surface area contributed by atoms with Crippen LogP contribution in [0.3, 0.4) is 0 Å². The molecule has 90 valence electrons. The molecule has 5 nitrogen and oxygen atoms in total.